The van der Waals surface area contributed by atoms with Crippen LogP contribution in [0.2, 0.25) is 0 Å². The lowest BCUT2D eigenvalue weighted by Gasteiger charge is -2.07. The lowest BCUT2D eigenvalue weighted by Crippen LogP contribution is -2.07. The van der Waals surface area contributed by atoms with E-state index in [4.69, 9.17) is 11.6 Å². The zero-order chi connectivity index (χ0) is 10.1. The van der Waals surface area contributed by atoms with Crippen molar-refractivity contribution in [2.45, 2.75) is 6.92 Å². The largest absolute Gasteiger partial charge is 0.397 e. The molecule has 4 nitrogen and oxygen atoms in total. The van der Waals surface area contributed by atoms with Crippen molar-refractivity contribution in [1.82, 2.24) is 4.68 Å². The zero-order valence-corrected chi connectivity index (χ0v) is 8.12. The Bertz CT molecular complexity index is 458. The van der Waals surface area contributed by atoms with Gasteiger partial charge >= 0.3 is 0 Å². The Labute approximate surface area is 82.5 Å². The highest BCUT2D eigenvalue weighted by molar-refractivity contribution is 5.99. The minimum absolute atomic E-state index is 0.703. The van der Waals surface area contributed by atoms with Crippen LogP contribution in [0.25, 0.3) is 10.9 Å². The van der Waals surface area contributed by atoms with Gasteiger partial charge in [0.05, 0.1) is 11.2 Å². The Morgan fingerprint density at radius 1 is 1.36 bits per heavy atom. The zero-order valence-electron chi connectivity index (χ0n) is 8.12. The van der Waals surface area contributed by atoms with Crippen molar-refractivity contribution in [3.05, 3.63) is 24.4 Å². The Morgan fingerprint density at radius 2 is 2.14 bits per heavy atom. The van der Waals surface area contributed by atoms with Crippen molar-refractivity contribution in [3.8, 4) is 0 Å². The lowest BCUT2D eigenvalue weighted by atomic mass is 10.2. The maximum Gasteiger partial charge on any atom is 0.0939 e. The van der Waals surface area contributed by atoms with Crippen LogP contribution < -0.4 is 16.9 Å². The summed E-state index contributed by atoms with van der Waals surface area (Å²) in [4.78, 5) is 0. The van der Waals surface area contributed by atoms with E-state index >= 15 is 0 Å². The van der Waals surface area contributed by atoms with Gasteiger partial charge in [-0.15, -0.1) is 0 Å². The van der Waals surface area contributed by atoms with Crippen LogP contribution in [0, 0.1) is 0 Å². The first-order valence-corrected chi connectivity index (χ1v) is 4.62. The maximum atomic E-state index is 5.84. The Hall–Kier alpha value is -1.84. The molecule has 5 N–H and O–H groups in total. The van der Waals surface area contributed by atoms with Gasteiger partial charge < -0.3 is 16.9 Å². The van der Waals surface area contributed by atoms with E-state index in [-0.39, 0.29) is 0 Å². The van der Waals surface area contributed by atoms with Crippen LogP contribution >= 0.6 is 0 Å². The van der Waals surface area contributed by atoms with Crippen molar-refractivity contribution in [2.24, 2.45) is 0 Å². The van der Waals surface area contributed by atoms with Crippen molar-refractivity contribution in [3.63, 3.8) is 0 Å². The summed E-state index contributed by atoms with van der Waals surface area (Å²) in [5.41, 5.74) is 8.49. The summed E-state index contributed by atoms with van der Waals surface area (Å²) in [7, 11) is 0. The molecular weight excluding hydrogens is 176 g/mol. The fourth-order valence-electron chi connectivity index (χ4n) is 1.66. The molecule has 0 aliphatic carbocycles. The second-order valence-electron chi connectivity index (χ2n) is 3.22. The first kappa shape index (κ1) is 8.74. The Morgan fingerprint density at radius 3 is 2.86 bits per heavy atom. The predicted octanol–water partition coefficient (Wildman–Crippen LogP) is 1.37. The quantitative estimate of drug-likeness (QED) is 0.495. The fraction of sp³-hybridized carbons (Fsp3) is 0.200. The van der Waals surface area contributed by atoms with Crippen molar-refractivity contribution < 1.29 is 0 Å². The monoisotopic (exact) mass is 190 g/mol. The summed E-state index contributed by atoms with van der Waals surface area (Å²) in [6, 6.07) is 5.80. The number of nitrogens with one attached hydrogen (secondary N) is 1. The molecule has 74 valence electrons. The van der Waals surface area contributed by atoms with Gasteiger partial charge in [0.1, 0.15) is 0 Å². The fourth-order valence-corrected chi connectivity index (χ4v) is 1.66. The van der Waals surface area contributed by atoms with Crippen LogP contribution in [0.1, 0.15) is 6.92 Å². The van der Waals surface area contributed by atoms with Gasteiger partial charge in [-0.3, -0.25) is 4.68 Å². The van der Waals surface area contributed by atoms with E-state index in [2.05, 4.69) is 12.2 Å². The number of hydrogen-bond donors (Lipinski definition) is 3. The minimum Gasteiger partial charge on any atom is -0.397 e. The van der Waals surface area contributed by atoms with Crippen LogP contribution in [0.3, 0.4) is 0 Å². The number of nitrogens with two attached hydrogens (primary N) is 2. The van der Waals surface area contributed by atoms with Crippen LogP contribution in [-0.2, 0) is 0 Å². The number of rotatable bonds is 2. The van der Waals surface area contributed by atoms with E-state index in [1.165, 1.54) is 0 Å². The molecule has 0 unspecified atom stereocenters. The molecular formula is C10H14N4. The third-order valence-corrected chi connectivity index (χ3v) is 2.28. The highest BCUT2D eigenvalue weighted by Crippen LogP contribution is 2.28. The van der Waals surface area contributed by atoms with E-state index in [1.807, 2.05) is 24.4 Å². The molecule has 4 heteroatoms. The molecule has 0 aliphatic heterocycles. The molecule has 2 rings (SSSR count). The van der Waals surface area contributed by atoms with Gasteiger partial charge in [0.15, 0.2) is 0 Å². The van der Waals surface area contributed by atoms with Crippen LogP contribution in [-0.4, -0.2) is 11.2 Å². The average Bonchev–Trinajstić information content (AvgIpc) is 2.54. The number of nitrogens with zero attached hydrogens (tertiary/aromatic N) is 1. The molecule has 0 amide bonds. The predicted molar refractivity (Wildman–Crippen MR) is 60.7 cm³/mol. The molecule has 1 aromatic heterocycles. The van der Waals surface area contributed by atoms with E-state index in [1.54, 1.807) is 4.68 Å². The van der Waals surface area contributed by atoms with Crippen molar-refractivity contribution in [2.75, 3.05) is 23.4 Å². The highest BCUT2D eigenvalue weighted by atomic mass is 15.3. The standard InChI is InChI=1S/C10H14N4/c1-2-13-9-4-3-8(11)10-7(9)5-6-14(10)12/h3-6,13H,2,11-12H2,1H3. The normalized spacial score (nSPS) is 10.6. The molecule has 1 aromatic carbocycles. The Kier molecular flexibility index (Phi) is 1.96. The molecule has 0 aliphatic rings. The van der Waals surface area contributed by atoms with Gasteiger partial charge in [0, 0.05) is 23.8 Å². The second kappa shape index (κ2) is 3.14. The van der Waals surface area contributed by atoms with Gasteiger partial charge in [-0.1, -0.05) is 0 Å². The van der Waals surface area contributed by atoms with E-state index in [9.17, 15) is 0 Å². The van der Waals surface area contributed by atoms with Crippen molar-refractivity contribution in [1.29, 1.82) is 0 Å². The molecule has 14 heavy (non-hydrogen) atoms. The smallest absolute Gasteiger partial charge is 0.0939 e. The molecule has 0 atom stereocenters. The number of nitrogen functional groups attached to an aromatic ring is 2. The average molecular weight is 190 g/mol. The first-order chi connectivity index (χ1) is 6.74. The van der Waals surface area contributed by atoms with Crippen LogP contribution in [0.4, 0.5) is 11.4 Å². The molecule has 0 radical (unpaired) electrons. The van der Waals surface area contributed by atoms with Gasteiger partial charge in [-0.25, -0.2) is 0 Å². The summed E-state index contributed by atoms with van der Waals surface area (Å²) in [6.07, 6.45) is 1.81. The van der Waals surface area contributed by atoms with Gasteiger partial charge in [0.2, 0.25) is 0 Å². The minimum atomic E-state index is 0.703. The SMILES string of the molecule is CCNc1ccc(N)c2c1ccn2N. The highest BCUT2D eigenvalue weighted by Gasteiger charge is 2.06. The molecule has 0 fully saturated rings. The van der Waals surface area contributed by atoms with Crippen LogP contribution in [0.5, 0.6) is 0 Å². The molecule has 0 saturated heterocycles. The summed E-state index contributed by atoms with van der Waals surface area (Å²) >= 11 is 0. The first-order valence-electron chi connectivity index (χ1n) is 4.62. The lowest BCUT2D eigenvalue weighted by molar-refractivity contribution is 1.07. The summed E-state index contributed by atoms with van der Waals surface area (Å²) in [6.45, 7) is 2.94. The van der Waals surface area contributed by atoms with E-state index in [0.29, 0.717) is 5.69 Å². The van der Waals surface area contributed by atoms with Gasteiger partial charge in [-0.05, 0) is 25.1 Å². The number of benzene rings is 1. The summed E-state index contributed by atoms with van der Waals surface area (Å²) < 4.78 is 1.55. The summed E-state index contributed by atoms with van der Waals surface area (Å²) in [5.74, 6) is 5.75. The molecule has 1 heterocycles. The second-order valence-corrected chi connectivity index (χ2v) is 3.22. The molecule has 2 aromatic rings. The third-order valence-electron chi connectivity index (χ3n) is 2.28. The third kappa shape index (κ3) is 1.16. The van der Waals surface area contributed by atoms with Crippen LogP contribution in [0.15, 0.2) is 24.4 Å². The van der Waals surface area contributed by atoms with E-state index in [0.717, 1.165) is 23.1 Å². The molecule has 0 saturated carbocycles. The van der Waals surface area contributed by atoms with E-state index < -0.39 is 0 Å². The van der Waals surface area contributed by atoms with Gasteiger partial charge in [0.25, 0.3) is 0 Å². The Balaban J connectivity index is 2.70. The molecule has 0 bridgehead atoms. The number of hydrogen-bond acceptors (Lipinski definition) is 3. The topological polar surface area (TPSA) is 69.0 Å². The number of anilines is 2. The number of fused-ring (bicyclic) bond motifs is 1. The maximum absolute atomic E-state index is 5.84. The summed E-state index contributed by atoms with van der Waals surface area (Å²) in [5, 5.41) is 4.33. The molecule has 0 spiro atoms. The number of aromatic nitrogens is 1. The van der Waals surface area contributed by atoms with Gasteiger partial charge in [-0.2, -0.15) is 0 Å². The van der Waals surface area contributed by atoms with Crippen molar-refractivity contribution >= 4 is 22.3 Å².